The van der Waals surface area contributed by atoms with Crippen molar-refractivity contribution in [2.24, 2.45) is 5.84 Å². The Morgan fingerprint density at radius 3 is 2.90 bits per heavy atom. The first-order chi connectivity index (χ1) is 9.85. The number of hydrogen-bond donors (Lipinski definition) is 2. The van der Waals surface area contributed by atoms with Crippen molar-refractivity contribution in [3.05, 3.63) is 23.2 Å². The number of ether oxygens (including phenoxy) is 2. The van der Waals surface area contributed by atoms with Crippen molar-refractivity contribution < 1.29 is 9.47 Å². The maximum Gasteiger partial charge on any atom is 0.219 e. The molecule has 1 aromatic carbocycles. The molecule has 1 aromatic heterocycles. The SMILES string of the molecule is NNc1nnc(CSc2ccc3c(c2)OCCCO3)s1. The van der Waals surface area contributed by atoms with Gasteiger partial charge in [0.15, 0.2) is 11.5 Å². The minimum atomic E-state index is 0.624. The highest BCUT2D eigenvalue weighted by Crippen LogP contribution is 2.35. The molecule has 106 valence electrons. The maximum absolute atomic E-state index is 5.67. The third-order valence-electron chi connectivity index (χ3n) is 2.67. The van der Waals surface area contributed by atoms with E-state index in [1.807, 2.05) is 18.2 Å². The van der Waals surface area contributed by atoms with Crippen molar-refractivity contribution in [1.29, 1.82) is 0 Å². The summed E-state index contributed by atoms with van der Waals surface area (Å²) < 4.78 is 11.3. The van der Waals surface area contributed by atoms with E-state index in [2.05, 4.69) is 15.6 Å². The number of thioether (sulfide) groups is 1. The lowest BCUT2D eigenvalue weighted by Crippen LogP contribution is -2.05. The van der Waals surface area contributed by atoms with Crippen LogP contribution in [-0.2, 0) is 5.75 Å². The molecule has 1 aliphatic heterocycles. The zero-order valence-corrected chi connectivity index (χ0v) is 12.3. The third kappa shape index (κ3) is 3.14. The van der Waals surface area contributed by atoms with Crippen molar-refractivity contribution in [2.45, 2.75) is 17.1 Å². The van der Waals surface area contributed by atoms with E-state index in [1.54, 1.807) is 11.8 Å². The van der Waals surface area contributed by atoms with E-state index < -0.39 is 0 Å². The standard InChI is InChI=1S/C12H14N4O2S2/c13-14-12-16-15-11(20-12)7-19-8-2-3-9-10(6-8)18-5-1-4-17-9/h2-3,6H,1,4-5,7,13H2,(H,14,16). The minimum absolute atomic E-state index is 0.624. The van der Waals surface area contributed by atoms with Crippen molar-refractivity contribution in [2.75, 3.05) is 18.6 Å². The minimum Gasteiger partial charge on any atom is -0.490 e. The Balaban J connectivity index is 1.67. The first-order valence-corrected chi connectivity index (χ1v) is 7.97. The Morgan fingerprint density at radius 2 is 2.10 bits per heavy atom. The van der Waals surface area contributed by atoms with Gasteiger partial charge in [0.2, 0.25) is 5.13 Å². The third-order valence-corrected chi connectivity index (χ3v) is 4.71. The molecule has 0 saturated heterocycles. The van der Waals surface area contributed by atoms with Crippen LogP contribution in [0, 0.1) is 0 Å². The first-order valence-electron chi connectivity index (χ1n) is 6.16. The molecule has 2 aromatic rings. The molecule has 8 heteroatoms. The molecule has 0 aliphatic carbocycles. The first kappa shape index (κ1) is 13.5. The van der Waals surface area contributed by atoms with Gasteiger partial charge in [-0.15, -0.1) is 22.0 Å². The van der Waals surface area contributed by atoms with Crippen molar-refractivity contribution in [3.8, 4) is 11.5 Å². The molecule has 3 N–H and O–H groups in total. The van der Waals surface area contributed by atoms with Gasteiger partial charge < -0.3 is 9.47 Å². The fraction of sp³-hybridized carbons (Fsp3) is 0.333. The largest absolute Gasteiger partial charge is 0.490 e. The fourth-order valence-corrected chi connectivity index (χ4v) is 3.31. The van der Waals surface area contributed by atoms with Crippen LogP contribution in [0.5, 0.6) is 11.5 Å². The molecule has 0 fully saturated rings. The zero-order chi connectivity index (χ0) is 13.8. The van der Waals surface area contributed by atoms with Crippen LogP contribution in [0.2, 0.25) is 0 Å². The van der Waals surface area contributed by atoms with E-state index in [1.165, 1.54) is 11.3 Å². The number of aromatic nitrogens is 2. The van der Waals surface area contributed by atoms with Gasteiger partial charge in [-0.05, 0) is 18.2 Å². The van der Waals surface area contributed by atoms with Gasteiger partial charge in [0.25, 0.3) is 0 Å². The fourth-order valence-electron chi connectivity index (χ4n) is 1.75. The number of hydrogen-bond acceptors (Lipinski definition) is 8. The molecular weight excluding hydrogens is 296 g/mol. The Hall–Kier alpha value is -1.51. The highest BCUT2D eigenvalue weighted by atomic mass is 32.2. The van der Waals surface area contributed by atoms with Gasteiger partial charge in [-0.1, -0.05) is 11.3 Å². The average Bonchev–Trinajstić information content (AvgIpc) is 2.82. The van der Waals surface area contributed by atoms with Crippen LogP contribution < -0.4 is 20.7 Å². The van der Waals surface area contributed by atoms with E-state index in [0.29, 0.717) is 18.3 Å². The number of fused-ring (bicyclic) bond motifs is 1. The number of benzene rings is 1. The van der Waals surface area contributed by atoms with Gasteiger partial charge in [-0.25, -0.2) is 5.84 Å². The highest BCUT2D eigenvalue weighted by molar-refractivity contribution is 7.98. The van der Waals surface area contributed by atoms with Gasteiger partial charge in [-0.3, -0.25) is 5.43 Å². The predicted octanol–water partition coefficient (Wildman–Crippen LogP) is 2.28. The monoisotopic (exact) mass is 310 g/mol. The second-order valence-electron chi connectivity index (χ2n) is 4.09. The van der Waals surface area contributed by atoms with Crippen LogP contribution in [0.3, 0.4) is 0 Å². The molecule has 6 nitrogen and oxygen atoms in total. The lowest BCUT2D eigenvalue weighted by molar-refractivity contribution is 0.297. The summed E-state index contributed by atoms with van der Waals surface area (Å²) in [5, 5.41) is 9.51. The number of rotatable bonds is 4. The second kappa shape index (κ2) is 6.29. The summed E-state index contributed by atoms with van der Waals surface area (Å²) in [4.78, 5) is 1.12. The molecule has 0 amide bonds. The van der Waals surface area contributed by atoms with Gasteiger partial charge in [0.1, 0.15) is 5.01 Å². The molecular formula is C12H14N4O2S2. The van der Waals surface area contributed by atoms with Crippen LogP contribution in [0.1, 0.15) is 11.4 Å². The molecule has 3 rings (SSSR count). The summed E-state index contributed by atoms with van der Waals surface area (Å²) in [5.41, 5.74) is 2.49. The van der Waals surface area contributed by atoms with Crippen LogP contribution in [0.4, 0.5) is 5.13 Å². The van der Waals surface area contributed by atoms with Crippen LogP contribution in [0.25, 0.3) is 0 Å². The number of nitrogens with one attached hydrogen (secondary N) is 1. The predicted molar refractivity (Wildman–Crippen MR) is 79.3 cm³/mol. The molecule has 0 bridgehead atoms. The van der Waals surface area contributed by atoms with Crippen molar-refractivity contribution >= 4 is 28.2 Å². The maximum atomic E-state index is 5.67. The number of nitrogens with two attached hydrogens (primary N) is 1. The van der Waals surface area contributed by atoms with E-state index in [9.17, 15) is 0 Å². The average molecular weight is 310 g/mol. The molecule has 20 heavy (non-hydrogen) atoms. The van der Waals surface area contributed by atoms with Crippen LogP contribution >= 0.6 is 23.1 Å². The Bertz CT molecular complexity index is 591. The molecule has 0 unspecified atom stereocenters. The smallest absolute Gasteiger partial charge is 0.219 e. The van der Waals surface area contributed by atoms with Crippen LogP contribution in [-0.4, -0.2) is 23.4 Å². The lowest BCUT2D eigenvalue weighted by atomic mass is 10.3. The summed E-state index contributed by atoms with van der Waals surface area (Å²) in [6.45, 7) is 1.40. The molecule has 1 aliphatic rings. The Labute approximate surface area is 124 Å². The highest BCUT2D eigenvalue weighted by Gasteiger charge is 2.11. The van der Waals surface area contributed by atoms with Gasteiger partial charge in [0.05, 0.1) is 19.0 Å². The second-order valence-corrected chi connectivity index (χ2v) is 6.20. The quantitative estimate of drug-likeness (QED) is 0.509. The molecule has 0 saturated carbocycles. The number of nitrogens with zero attached hydrogens (tertiary/aromatic N) is 2. The lowest BCUT2D eigenvalue weighted by Gasteiger charge is -2.08. The summed E-state index contributed by atoms with van der Waals surface area (Å²) in [5.74, 6) is 7.66. The number of nitrogen functional groups attached to an aromatic ring is 1. The number of anilines is 1. The normalized spacial score (nSPS) is 13.8. The van der Waals surface area contributed by atoms with Crippen molar-refractivity contribution in [3.63, 3.8) is 0 Å². The summed E-state index contributed by atoms with van der Waals surface area (Å²) in [6.07, 6.45) is 0.913. The van der Waals surface area contributed by atoms with Crippen molar-refractivity contribution in [1.82, 2.24) is 10.2 Å². The Kier molecular flexibility index (Phi) is 4.24. The molecule has 0 spiro atoms. The summed E-state index contributed by atoms with van der Waals surface area (Å²) in [7, 11) is 0. The topological polar surface area (TPSA) is 82.3 Å². The van der Waals surface area contributed by atoms with Gasteiger partial charge >= 0.3 is 0 Å². The summed E-state index contributed by atoms with van der Waals surface area (Å²) in [6, 6.07) is 5.99. The molecule has 2 heterocycles. The molecule has 0 radical (unpaired) electrons. The van der Waals surface area contributed by atoms with Crippen LogP contribution in [0.15, 0.2) is 23.1 Å². The van der Waals surface area contributed by atoms with Gasteiger partial charge in [-0.2, -0.15) is 0 Å². The van der Waals surface area contributed by atoms with E-state index in [-0.39, 0.29) is 0 Å². The Morgan fingerprint density at radius 1 is 1.25 bits per heavy atom. The van der Waals surface area contributed by atoms with E-state index in [0.717, 1.165) is 33.6 Å². The van der Waals surface area contributed by atoms with E-state index >= 15 is 0 Å². The molecule has 0 atom stereocenters. The zero-order valence-electron chi connectivity index (χ0n) is 10.7. The number of hydrazine groups is 1. The van der Waals surface area contributed by atoms with Gasteiger partial charge in [0, 0.05) is 11.3 Å². The van der Waals surface area contributed by atoms with E-state index in [4.69, 9.17) is 15.3 Å². The summed E-state index contributed by atoms with van der Waals surface area (Å²) >= 11 is 3.13.